The Kier molecular flexibility index (Phi) is 6.71. The number of anilines is 1. The molecule has 2 heterocycles. The largest absolute Gasteiger partial charge is 0.495 e. The number of methoxy groups -OCH3 is 1. The van der Waals surface area contributed by atoms with E-state index in [0.29, 0.717) is 38.2 Å². The van der Waals surface area contributed by atoms with Crippen molar-refractivity contribution in [2.75, 3.05) is 32.1 Å². The van der Waals surface area contributed by atoms with Gasteiger partial charge in [-0.25, -0.2) is 0 Å². The second-order valence-electron chi connectivity index (χ2n) is 9.31. The highest BCUT2D eigenvalue weighted by molar-refractivity contribution is 5.95. The molecule has 0 bridgehead atoms. The van der Waals surface area contributed by atoms with Gasteiger partial charge in [-0.1, -0.05) is 0 Å². The van der Waals surface area contributed by atoms with Gasteiger partial charge in [-0.15, -0.1) is 0 Å². The van der Waals surface area contributed by atoms with E-state index in [2.05, 4.69) is 5.32 Å². The van der Waals surface area contributed by atoms with E-state index in [1.165, 1.54) is 25.3 Å². The Morgan fingerprint density at radius 2 is 1.84 bits per heavy atom. The molecule has 1 atom stereocenters. The average Bonchev–Trinajstić information content (AvgIpc) is 3.15. The van der Waals surface area contributed by atoms with Gasteiger partial charge in [0.15, 0.2) is 0 Å². The van der Waals surface area contributed by atoms with Gasteiger partial charge in [-0.2, -0.15) is 0 Å². The quantitative estimate of drug-likeness (QED) is 0.548. The van der Waals surface area contributed by atoms with Crippen LogP contribution in [0, 0.1) is 22.0 Å². The molecular weight excluding hydrogens is 416 g/mol. The van der Waals surface area contributed by atoms with Crippen LogP contribution in [0.3, 0.4) is 0 Å². The Morgan fingerprint density at radius 3 is 2.38 bits per heavy atom. The number of hydrogen-bond donors (Lipinski definition) is 1. The normalized spacial score (nSPS) is 19.8. The van der Waals surface area contributed by atoms with Crippen molar-refractivity contribution in [1.29, 1.82) is 0 Å². The minimum atomic E-state index is -0.534. The Labute approximate surface area is 187 Å². The van der Waals surface area contributed by atoms with Crippen molar-refractivity contribution in [3.05, 3.63) is 28.3 Å². The maximum atomic E-state index is 12.9. The van der Waals surface area contributed by atoms with E-state index in [9.17, 15) is 24.5 Å². The molecule has 10 heteroatoms. The summed E-state index contributed by atoms with van der Waals surface area (Å²) in [4.78, 5) is 52.0. The van der Waals surface area contributed by atoms with Gasteiger partial charge in [0.2, 0.25) is 17.7 Å². The SMILES string of the molecule is COc1ccc([N+](=O)[O-])cc1NC(=O)C1CCN(C(=O)C2CC(=O)N(C(C)(C)C)C2)CC1. The molecule has 1 aromatic rings. The van der Waals surface area contributed by atoms with Crippen LogP contribution in [0.2, 0.25) is 0 Å². The molecule has 1 unspecified atom stereocenters. The van der Waals surface area contributed by atoms with Crippen LogP contribution in [0.4, 0.5) is 11.4 Å². The first-order chi connectivity index (χ1) is 15.0. The van der Waals surface area contributed by atoms with Crippen LogP contribution in [0.25, 0.3) is 0 Å². The highest BCUT2D eigenvalue weighted by atomic mass is 16.6. The highest BCUT2D eigenvalue weighted by Gasteiger charge is 2.41. The van der Waals surface area contributed by atoms with Crippen LogP contribution in [0.5, 0.6) is 5.75 Å². The summed E-state index contributed by atoms with van der Waals surface area (Å²) in [5.74, 6) is -0.627. The molecule has 1 N–H and O–H groups in total. The van der Waals surface area contributed by atoms with E-state index in [0.717, 1.165) is 0 Å². The lowest BCUT2D eigenvalue weighted by atomic mass is 9.94. The number of non-ortho nitro benzene ring substituents is 1. The van der Waals surface area contributed by atoms with Crippen LogP contribution >= 0.6 is 0 Å². The third kappa shape index (κ3) is 5.00. The van der Waals surface area contributed by atoms with Crippen molar-refractivity contribution in [3.63, 3.8) is 0 Å². The predicted octanol–water partition coefficient (Wildman–Crippen LogP) is 2.43. The Morgan fingerprint density at radius 1 is 1.19 bits per heavy atom. The number of carbonyl (C=O) groups is 3. The van der Waals surface area contributed by atoms with E-state index in [1.807, 2.05) is 20.8 Å². The fourth-order valence-corrected chi connectivity index (χ4v) is 4.28. The van der Waals surface area contributed by atoms with Gasteiger partial charge in [0.1, 0.15) is 5.75 Å². The molecule has 3 amide bonds. The number of likely N-dealkylation sites (tertiary alicyclic amines) is 2. The molecule has 0 aliphatic carbocycles. The molecule has 0 saturated carbocycles. The maximum absolute atomic E-state index is 12.9. The average molecular weight is 447 g/mol. The topological polar surface area (TPSA) is 122 Å². The molecule has 2 fully saturated rings. The smallest absolute Gasteiger partial charge is 0.271 e. The molecule has 10 nitrogen and oxygen atoms in total. The van der Waals surface area contributed by atoms with Crippen LogP contribution in [0.1, 0.15) is 40.0 Å². The number of nitro groups is 1. The van der Waals surface area contributed by atoms with Gasteiger partial charge in [-0.05, 0) is 39.7 Å². The maximum Gasteiger partial charge on any atom is 0.271 e. The van der Waals surface area contributed by atoms with Gasteiger partial charge in [0.25, 0.3) is 5.69 Å². The summed E-state index contributed by atoms with van der Waals surface area (Å²) in [5.41, 5.74) is -0.209. The fourth-order valence-electron chi connectivity index (χ4n) is 4.28. The van der Waals surface area contributed by atoms with Gasteiger partial charge >= 0.3 is 0 Å². The zero-order chi connectivity index (χ0) is 23.6. The number of nitrogens with zero attached hydrogens (tertiary/aromatic N) is 3. The standard InChI is InChI=1S/C22H30N4O6/c1-22(2,3)25-13-15(11-19(25)27)21(29)24-9-7-14(8-10-24)20(28)23-17-12-16(26(30)31)5-6-18(17)32-4/h5-6,12,14-15H,7-11,13H2,1-4H3,(H,23,28). The number of rotatable bonds is 5. The van der Waals surface area contributed by atoms with Crippen LogP contribution in [-0.2, 0) is 14.4 Å². The van der Waals surface area contributed by atoms with E-state index < -0.39 is 4.92 Å². The molecule has 32 heavy (non-hydrogen) atoms. The highest BCUT2D eigenvalue weighted by Crippen LogP contribution is 2.31. The van der Waals surface area contributed by atoms with Crippen molar-refractivity contribution < 1.29 is 24.0 Å². The van der Waals surface area contributed by atoms with E-state index in [4.69, 9.17) is 4.74 Å². The van der Waals surface area contributed by atoms with Crippen molar-refractivity contribution in [3.8, 4) is 5.75 Å². The van der Waals surface area contributed by atoms with Crippen molar-refractivity contribution in [1.82, 2.24) is 9.80 Å². The van der Waals surface area contributed by atoms with E-state index >= 15 is 0 Å². The van der Waals surface area contributed by atoms with Gasteiger partial charge < -0.3 is 19.9 Å². The lowest BCUT2D eigenvalue weighted by molar-refractivity contribution is -0.384. The zero-order valence-electron chi connectivity index (χ0n) is 18.9. The summed E-state index contributed by atoms with van der Waals surface area (Å²) in [5, 5.41) is 13.8. The first-order valence-corrected chi connectivity index (χ1v) is 10.7. The van der Waals surface area contributed by atoms with Crippen molar-refractivity contribution >= 4 is 29.1 Å². The fraction of sp³-hybridized carbons (Fsp3) is 0.591. The third-order valence-corrected chi connectivity index (χ3v) is 6.11. The Bertz CT molecular complexity index is 917. The molecule has 0 spiro atoms. The second-order valence-corrected chi connectivity index (χ2v) is 9.31. The molecule has 2 saturated heterocycles. The monoisotopic (exact) mass is 446 g/mol. The molecule has 2 aliphatic heterocycles. The number of piperidine rings is 1. The molecule has 1 aromatic carbocycles. The first kappa shape index (κ1) is 23.5. The first-order valence-electron chi connectivity index (χ1n) is 10.7. The summed E-state index contributed by atoms with van der Waals surface area (Å²) in [7, 11) is 1.43. The molecule has 3 rings (SSSR count). The third-order valence-electron chi connectivity index (χ3n) is 6.11. The number of nitrogens with one attached hydrogen (secondary N) is 1. The summed E-state index contributed by atoms with van der Waals surface area (Å²) in [6, 6.07) is 4.03. The summed E-state index contributed by atoms with van der Waals surface area (Å²) in [6.45, 7) is 7.16. The second kappa shape index (κ2) is 9.13. The zero-order valence-corrected chi connectivity index (χ0v) is 18.9. The molecule has 2 aliphatic rings. The number of nitro benzene ring substituents is 1. The minimum Gasteiger partial charge on any atom is -0.495 e. The van der Waals surface area contributed by atoms with Crippen molar-refractivity contribution in [2.45, 2.75) is 45.6 Å². The Balaban J connectivity index is 1.57. The Hall–Kier alpha value is -3.17. The van der Waals surface area contributed by atoms with Gasteiger partial charge in [0.05, 0.1) is 23.6 Å². The molecule has 0 radical (unpaired) electrons. The number of ether oxygens (including phenoxy) is 1. The van der Waals surface area contributed by atoms with Crippen LogP contribution in [-0.4, -0.2) is 64.7 Å². The molecule has 174 valence electrons. The van der Waals surface area contributed by atoms with Crippen LogP contribution < -0.4 is 10.1 Å². The van der Waals surface area contributed by atoms with Crippen molar-refractivity contribution in [2.24, 2.45) is 11.8 Å². The lowest BCUT2D eigenvalue weighted by Gasteiger charge is -2.34. The number of hydrogen-bond acceptors (Lipinski definition) is 6. The summed E-state index contributed by atoms with van der Waals surface area (Å²) >= 11 is 0. The van der Waals surface area contributed by atoms with Gasteiger partial charge in [-0.3, -0.25) is 24.5 Å². The molecular formula is C22H30N4O6. The summed E-state index contributed by atoms with van der Waals surface area (Å²) < 4.78 is 5.19. The molecule has 0 aromatic heterocycles. The number of benzene rings is 1. The van der Waals surface area contributed by atoms with E-state index in [-0.39, 0.29) is 52.9 Å². The number of carbonyl (C=O) groups excluding carboxylic acids is 3. The summed E-state index contributed by atoms with van der Waals surface area (Å²) in [6.07, 6.45) is 1.19. The van der Waals surface area contributed by atoms with Crippen LogP contribution in [0.15, 0.2) is 18.2 Å². The van der Waals surface area contributed by atoms with E-state index in [1.54, 1.807) is 9.80 Å². The minimum absolute atomic E-state index is 0.00369. The number of amides is 3. The lowest BCUT2D eigenvalue weighted by Crippen LogP contribution is -2.46. The van der Waals surface area contributed by atoms with Gasteiger partial charge in [0, 0.05) is 49.6 Å². The predicted molar refractivity (Wildman–Crippen MR) is 117 cm³/mol.